The number of nitrogens with one attached hydrogen (secondary N) is 2. The van der Waals surface area contributed by atoms with E-state index in [9.17, 15) is 23.2 Å². The normalized spacial score (nSPS) is 10.3. The van der Waals surface area contributed by atoms with Gasteiger partial charge in [0.15, 0.2) is 23.7 Å². The summed E-state index contributed by atoms with van der Waals surface area (Å²) in [5.41, 5.74) is 4.75. The van der Waals surface area contributed by atoms with E-state index in [0.29, 0.717) is 48.0 Å². The zero-order valence-electron chi connectivity index (χ0n) is 27.3. The highest BCUT2D eigenvalue weighted by atomic mass is 19.1. The molecule has 0 radical (unpaired) electrons. The molecule has 0 saturated carbocycles. The number of carbonyl (C=O) groups is 3. The van der Waals surface area contributed by atoms with Crippen LogP contribution >= 0.6 is 0 Å². The Kier molecular flexibility index (Phi) is 13.3. The van der Waals surface area contributed by atoms with Crippen LogP contribution in [0.1, 0.15) is 80.4 Å². The molecule has 0 atom stereocenters. The summed E-state index contributed by atoms with van der Waals surface area (Å²) >= 11 is 0. The van der Waals surface area contributed by atoms with Gasteiger partial charge in [-0.2, -0.15) is 15.3 Å². The van der Waals surface area contributed by atoms with Gasteiger partial charge < -0.3 is 9.47 Å². The molecule has 11 nitrogen and oxygen atoms in total. The smallest absolute Gasteiger partial charge is 0.360 e. The maximum Gasteiger partial charge on any atom is 0.360 e. The van der Waals surface area contributed by atoms with Gasteiger partial charge in [0.2, 0.25) is 5.69 Å². The van der Waals surface area contributed by atoms with E-state index in [0.717, 1.165) is 17.1 Å². The average molecular weight is 650 g/mol. The Morgan fingerprint density at radius 1 is 0.851 bits per heavy atom. The number of nitrogens with zero attached hydrogens (tertiary/aromatic N) is 4. The predicted octanol–water partition coefficient (Wildman–Crippen LogP) is 5.45. The number of benzene rings is 2. The summed E-state index contributed by atoms with van der Waals surface area (Å²) in [6.45, 7) is 11.8. The molecule has 248 valence electrons. The van der Waals surface area contributed by atoms with Gasteiger partial charge in [-0.05, 0) is 58.0 Å². The molecule has 5 rings (SSSR count). The number of esters is 2. The molecule has 2 N–H and O–H groups in total. The maximum atomic E-state index is 13.6. The first-order valence-corrected chi connectivity index (χ1v) is 14.9. The first-order valence-electron chi connectivity index (χ1n) is 14.9. The molecule has 0 fully saturated rings. The van der Waals surface area contributed by atoms with Gasteiger partial charge in [-0.15, -0.1) is 4.68 Å². The number of H-pyrrole nitrogens is 2. The quantitative estimate of drug-likeness (QED) is 0.123. The Hall–Kier alpha value is -5.46. The van der Waals surface area contributed by atoms with Crippen molar-refractivity contribution in [2.24, 2.45) is 0 Å². The standard InChI is InChI=1S/C14H15FN2O2.C13H13FN2O.C7H10N2O2/c1-3-19-14(18)13-8-10(2)17(16-13)9-11-6-4-5-7-12(11)15;1-9-7-13(10(2)17)16(15-9)8-11-5-3-4-6-12(11)14;1-3-11-7(10)6-4-5(2)8-9-6/h4-8H,3,9H2,1-2H3;3-7H,8H2,1-2H3;4H,3H2,1-2H3,(H,8,9)/p+1. The minimum absolute atomic E-state index is 0.0676. The van der Waals surface area contributed by atoms with Gasteiger partial charge in [-0.1, -0.05) is 30.3 Å². The van der Waals surface area contributed by atoms with Crippen LogP contribution in [0.25, 0.3) is 0 Å². The second-order valence-corrected chi connectivity index (χ2v) is 10.3. The van der Waals surface area contributed by atoms with Gasteiger partial charge in [0, 0.05) is 31.2 Å². The van der Waals surface area contributed by atoms with E-state index in [2.05, 4.69) is 20.4 Å². The summed E-state index contributed by atoms with van der Waals surface area (Å²) in [5.74, 6) is -1.39. The SMILES string of the molecule is CC(=O)c1cc(C)nn1Cc1ccccc1F.CCOC(=O)c1cc(C)[n+](Cc2ccccc2F)[nH]1.CCOC(=O)c1cc(C)[nH]n1. The Morgan fingerprint density at radius 2 is 1.45 bits per heavy atom. The highest BCUT2D eigenvalue weighted by Gasteiger charge is 2.19. The van der Waals surface area contributed by atoms with Crippen molar-refractivity contribution in [3.63, 3.8) is 0 Å². The van der Waals surface area contributed by atoms with Gasteiger partial charge in [-0.3, -0.25) is 14.6 Å². The molecule has 0 amide bonds. The van der Waals surface area contributed by atoms with Crippen molar-refractivity contribution in [3.05, 3.63) is 124 Å². The number of halogens is 2. The van der Waals surface area contributed by atoms with E-state index < -0.39 is 5.97 Å². The number of rotatable bonds is 9. The minimum Gasteiger partial charge on any atom is -0.461 e. The Bertz CT molecular complexity index is 1810. The predicted molar refractivity (Wildman–Crippen MR) is 169 cm³/mol. The highest BCUT2D eigenvalue weighted by molar-refractivity contribution is 5.92. The van der Waals surface area contributed by atoms with Crippen molar-refractivity contribution < 1.29 is 37.3 Å². The van der Waals surface area contributed by atoms with Crippen LogP contribution in [0, 0.1) is 32.4 Å². The molecule has 0 aliphatic rings. The van der Waals surface area contributed by atoms with E-state index in [1.165, 1.54) is 23.7 Å². The topological polar surface area (TPSA) is 136 Å². The second-order valence-electron chi connectivity index (χ2n) is 10.3. The van der Waals surface area contributed by atoms with Crippen molar-refractivity contribution in [1.29, 1.82) is 0 Å². The molecule has 2 aromatic carbocycles. The lowest BCUT2D eigenvalue weighted by Crippen LogP contribution is -2.39. The number of aryl methyl sites for hydroxylation is 3. The zero-order chi connectivity index (χ0) is 34.5. The third-order valence-electron chi connectivity index (χ3n) is 6.55. The number of carbonyl (C=O) groups excluding carboxylic acids is 3. The van der Waals surface area contributed by atoms with Crippen molar-refractivity contribution in [3.8, 4) is 0 Å². The molecule has 5 aromatic rings. The number of aromatic amines is 2. The number of hydrogen-bond acceptors (Lipinski definition) is 7. The Balaban J connectivity index is 0.000000198. The van der Waals surface area contributed by atoms with Crippen LogP contribution in [0.15, 0.2) is 66.7 Å². The van der Waals surface area contributed by atoms with Crippen LogP contribution in [0.3, 0.4) is 0 Å². The van der Waals surface area contributed by atoms with E-state index in [1.807, 2.05) is 20.8 Å². The number of ether oxygens (including phenoxy) is 2. The highest BCUT2D eigenvalue weighted by Crippen LogP contribution is 2.12. The van der Waals surface area contributed by atoms with E-state index in [1.54, 1.807) is 73.1 Å². The monoisotopic (exact) mass is 649 g/mol. The summed E-state index contributed by atoms with van der Waals surface area (Å²) in [7, 11) is 0. The molecule has 0 aliphatic carbocycles. The number of aromatic nitrogens is 6. The molecule has 0 unspecified atom stereocenters. The largest absolute Gasteiger partial charge is 0.461 e. The zero-order valence-corrected chi connectivity index (χ0v) is 27.3. The van der Waals surface area contributed by atoms with Crippen molar-refractivity contribution in [1.82, 2.24) is 25.1 Å². The molecule has 0 spiro atoms. The summed E-state index contributed by atoms with van der Waals surface area (Å²) in [5, 5.41) is 13.5. The first-order chi connectivity index (χ1) is 22.4. The Labute approximate surface area is 271 Å². The molecule has 13 heteroatoms. The fourth-order valence-corrected chi connectivity index (χ4v) is 4.29. The summed E-state index contributed by atoms with van der Waals surface area (Å²) in [6.07, 6.45) is 0. The van der Waals surface area contributed by atoms with Crippen LogP contribution in [-0.4, -0.2) is 56.0 Å². The van der Waals surface area contributed by atoms with E-state index in [-0.39, 0.29) is 29.9 Å². The van der Waals surface area contributed by atoms with Gasteiger partial charge in [0.1, 0.15) is 17.3 Å². The van der Waals surface area contributed by atoms with Crippen LogP contribution in [0.2, 0.25) is 0 Å². The van der Waals surface area contributed by atoms with Crippen LogP contribution in [0.4, 0.5) is 8.78 Å². The molecule has 3 heterocycles. The fraction of sp³-hybridized carbons (Fsp3) is 0.294. The van der Waals surface area contributed by atoms with Crippen LogP contribution in [-0.2, 0) is 22.6 Å². The lowest BCUT2D eigenvalue weighted by Gasteiger charge is -2.06. The van der Waals surface area contributed by atoms with Crippen LogP contribution in [0.5, 0.6) is 0 Å². The van der Waals surface area contributed by atoms with Crippen molar-refractivity contribution in [2.75, 3.05) is 13.2 Å². The van der Waals surface area contributed by atoms with Crippen LogP contribution < -0.4 is 4.68 Å². The van der Waals surface area contributed by atoms with Crippen molar-refractivity contribution >= 4 is 17.7 Å². The number of ketones is 1. The minimum atomic E-state index is -0.405. The Morgan fingerprint density at radius 3 is 2.00 bits per heavy atom. The fourth-order valence-electron chi connectivity index (χ4n) is 4.29. The molecule has 0 aliphatic heterocycles. The summed E-state index contributed by atoms with van der Waals surface area (Å²) in [4.78, 5) is 33.9. The maximum absolute atomic E-state index is 13.6. The van der Waals surface area contributed by atoms with Gasteiger partial charge in [0.25, 0.3) is 0 Å². The van der Waals surface area contributed by atoms with Gasteiger partial charge in [-0.25, -0.2) is 18.4 Å². The molecular formula is C34H39F2N6O5+. The molecule has 0 saturated heterocycles. The lowest BCUT2D eigenvalue weighted by molar-refractivity contribution is -0.747. The second kappa shape index (κ2) is 17.3. The third-order valence-corrected chi connectivity index (χ3v) is 6.55. The van der Waals surface area contributed by atoms with E-state index in [4.69, 9.17) is 9.47 Å². The van der Waals surface area contributed by atoms with E-state index >= 15 is 0 Å². The van der Waals surface area contributed by atoms with Gasteiger partial charge >= 0.3 is 11.9 Å². The molecule has 0 bridgehead atoms. The van der Waals surface area contributed by atoms with Crippen molar-refractivity contribution in [2.45, 2.75) is 54.6 Å². The average Bonchev–Trinajstić information content (AvgIpc) is 3.74. The van der Waals surface area contributed by atoms with Gasteiger partial charge in [0.05, 0.1) is 31.0 Å². The molecular weight excluding hydrogens is 610 g/mol. The third kappa shape index (κ3) is 10.6. The first kappa shape index (κ1) is 36.0. The summed E-state index contributed by atoms with van der Waals surface area (Å²) in [6, 6.07) is 18.1. The number of Topliss-reactive ketones (excluding diaryl/α,β-unsaturated/α-hetero) is 1. The number of hydrogen-bond donors (Lipinski definition) is 2. The molecule has 3 aromatic heterocycles. The molecule has 47 heavy (non-hydrogen) atoms. The summed E-state index contributed by atoms with van der Waals surface area (Å²) < 4.78 is 39.9. The lowest BCUT2D eigenvalue weighted by atomic mass is 10.2.